The van der Waals surface area contributed by atoms with Crippen LogP contribution in [0.25, 0.3) is 0 Å². The minimum absolute atomic E-state index is 0.192. The first-order chi connectivity index (χ1) is 9.39. The monoisotopic (exact) mass is 309 g/mol. The number of hydrogen-bond donors (Lipinski definition) is 1. The average molecular weight is 310 g/mol. The van der Waals surface area contributed by atoms with E-state index in [-0.39, 0.29) is 6.61 Å². The summed E-state index contributed by atoms with van der Waals surface area (Å²) in [7, 11) is 0. The second kappa shape index (κ2) is 6.15. The van der Waals surface area contributed by atoms with E-state index in [1.54, 1.807) is 6.07 Å². The van der Waals surface area contributed by atoms with Crippen molar-refractivity contribution in [2.75, 3.05) is 37.6 Å². The molecule has 1 N–H and O–H groups in total. The van der Waals surface area contributed by atoms with E-state index < -0.39 is 12.7 Å². The summed E-state index contributed by atoms with van der Waals surface area (Å²) in [6.45, 7) is 0.529. The van der Waals surface area contributed by atoms with Gasteiger partial charge in [0.1, 0.15) is 5.82 Å². The molecule has 0 amide bonds. The molecule has 20 heavy (non-hydrogen) atoms. The molecule has 1 aliphatic rings. The van der Waals surface area contributed by atoms with Crippen LogP contribution < -0.4 is 4.90 Å². The highest BCUT2D eigenvalue weighted by Gasteiger charge is 2.32. The van der Waals surface area contributed by atoms with Gasteiger partial charge in [-0.3, -0.25) is 4.90 Å². The SMILES string of the molecule is OCc1cc(N2CCN(CC(F)(F)F)CC2)ncc1Cl. The number of aliphatic hydroxyl groups excluding tert-OH is 1. The number of nitrogens with zero attached hydrogens (tertiary/aromatic N) is 3. The average Bonchev–Trinajstić information content (AvgIpc) is 2.38. The molecule has 4 nitrogen and oxygen atoms in total. The lowest BCUT2D eigenvalue weighted by Gasteiger charge is -2.35. The van der Waals surface area contributed by atoms with Crippen molar-refractivity contribution in [2.45, 2.75) is 12.8 Å². The standard InChI is InChI=1S/C12H15ClF3N3O/c13-10-6-17-11(5-9(10)7-20)19-3-1-18(2-4-19)8-12(14,15)16/h5-6,20H,1-4,7-8H2. The molecule has 1 saturated heterocycles. The molecular formula is C12H15ClF3N3O. The number of piperazine rings is 1. The molecule has 1 fully saturated rings. The van der Waals surface area contributed by atoms with Crippen molar-refractivity contribution in [3.8, 4) is 0 Å². The first kappa shape index (κ1) is 15.3. The number of hydrogen-bond acceptors (Lipinski definition) is 4. The lowest BCUT2D eigenvalue weighted by Crippen LogP contribution is -2.49. The van der Waals surface area contributed by atoms with E-state index in [2.05, 4.69) is 4.98 Å². The number of aromatic nitrogens is 1. The maximum atomic E-state index is 12.3. The Bertz CT molecular complexity index is 462. The topological polar surface area (TPSA) is 39.6 Å². The molecular weight excluding hydrogens is 295 g/mol. The molecule has 2 rings (SSSR count). The van der Waals surface area contributed by atoms with Crippen LogP contribution in [0.3, 0.4) is 0 Å². The summed E-state index contributed by atoms with van der Waals surface area (Å²) in [6.07, 6.45) is -2.71. The molecule has 2 heterocycles. The smallest absolute Gasteiger partial charge is 0.392 e. The molecule has 1 aromatic heterocycles. The molecule has 0 unspecified atom stereocenters. The van der Waals surface area contributed by atoms with Crippen LogP contribution in [0.1, 0.15) is 5.56 Å². The first-order valence-corrected chi connectivity index (χ1v) is 6.56. The Kier molecular flexibility index (Phi) is 4.72. The number of halogens is 4. The Hall–Kier alpha value is -1.05. The summed E-state index contributed by atoms with van der Waals surface area (Å²) in [6, 6.07) is 1.67. The van der Waals surface area contributed by atoms with Gasteiger partial charge in [0.05, 0.1) is 18.2 Å². The van der Waals surface area contributed by atoms with Gasteiger partial charge in [-0.15, -0.1) is 0 Å². The summed E-state index contributed by atoms with van der Waals surface area (Å²) < 4.78 is 36.9. The molecule has 0 aliphatic carbocycles. The van der Waals surface area contributed by atoms with E-state index in [0.29, 0.717) is 42.6 Å². The van der Waals surface area contributed by atoms with Gasteiger partial charge in [0.25, 0.3) is 0 Å². The predicted molar refractivity (Wildman–Crippen MR) is 69.9 cm³/mol. The minimum atomic E-state index is -4.16. The molecule has 8 heteroatoms. The van der Waals surface area contributed by atoms with E-state index in [1.807, 2.05) is 4.90 Å². The molecule has 0 aromatic carbocycles. The second-order valence-electron chi connectivity index (χ2n) is 4.67. The largest absolute Gasteiger partial charge is 0.401 e. The maximum Gasteiger partial charge on any atom is 0.401 e. The van der Waals surface area contributed by atoms with Gasteiger partial charge in [-0.2, -0.15) is 13.2 Å². The van der Waals surface area contributed by atoms with Crippen LogP contribution in [0.5, 0.6) is 0 Å². The van der Waals surface area contributed by atoms with Crippen LogP contribution in [-0.4, -0.2) is 53.9 Å². The predicted octanol–water partition coefficient (Wildman–Crippen LogP) is 1.91. The normalized spacial score (nSPS) is 17.6. The zero-order valence-corrected chi connectivity index (χ0v) is 11.5. The molecule has 0 atom stereocenters. The van der Waals surface area contributed by atoms with Gasteiger partial charge in [-0.1, -0.05) is 11.6 Å². The molecule has 0 radical (unpaired) electrons. The van der Waals surface area contributed by atoms with Crippen LogP contribution in [0.4, 0.5) is 19.0 Å². The van der Waals surface area contributed by atoms with E-state index in [1.165, 1.54) is 11.1 Å². The van der Waals surface area contributed by atoms with Crippen molar-refractivity contribution < 1.29 is 18.3 Å². The zero-order valence-electron chi connectivity index (χ0n) is 10.7. The molecule has 0 spiro atoms. The zero-order chi connectivity index (χ0) is 14.8. The van der Waals surface area contributed by atoms with Gasteiger partial charge in [0, 0.05) is 37.9 Å². The summed E-state index contributed by atoms with van der Waals surface area (Å²) in [5.41, 5.74) is 0.564. The highest BCUT2D eigenvalue weighted by Crippen LogP contribution is 2.22. The van der Waals surface area contributed by atoms with E-state index in [9.17, 15) is 13.2 Å². The van der Waals surface area contributed by atoms with Gasteiger partial charge < -0.3 is 10.0 Å². The van der Waals surface area contributed by atoms with Gasteiger partial charge in [0.2, 0.25) is 0 Å². The molecule has 1 aliphatic heterocycles. The summed E-state index contributed by atoms with van der Waals surface area (Å²) in [5.74, 6) is 0.630. The fourth-order valence-corrected chi connectivity index (χ4v) is 2.31. The van der Waals surface area contributed by atoms with Crippen molar-refractivity contribution in [3.05, 3.63) is 22.8 Å². The summed E-state index contributed by atoms with van der Waals surface area (Å²) in [5, 5.41) is 9.53. The Morgan fingerprint density at radius 1 is 1.25 bits per heavy atom. The Balaban J connectivity index is 1.97. The number of pyridine rings is 1. The van der Waals surface area contributed by atoms with Crippen LogP contribution in [0.15, 0.2) is 12.3 Å². The fourth-order valence-electron chi connectivity index (χ4n) is 2.15. The van der Waals surface area contributed by atoms with Crippen molar-refractivity contribution in [1.82, 2.24) is 9.88 Å². The number of alkyl halides is 3. The fraction of sp³-hybridized carbons (Fsp3) is 0.583. The Labute approximate surface area is 119 Å². The van der Waals surface area contributed by atoms with Gasteiger partial charge in [0.15, 0.2) is 0 Å². The third-order valence-corrected chi connectivity index (χ3v) is 3.53. The molecule has 112 valence electrons. The summed E-state index contributed by atoms with van der Waals surface area (Å²) in [4.78, 5) is 7.42. The highest BCUT2D eigenvalue weighted by atomic mass is 35.5. The van der Waals surface area contributed by atoms with Crippen molar-refractivity contribution in [1.29, 1.82) is 0 Å². The van der Waals surface area contributed by atoms with Gasteiger partial charge in [-0.05, 0) is 6.07 Å². The van der Waals surface area contributed by atoms with Crippen molar-refractivity contribution >= 4 is 17.4 Å². The van der Waals surface area contributed by atoms with Crippen LogP contribution >= 0.6 is 11.6 Å². The number of anilines is 1. The van der Waals surface area contributed by atoms with Gasteiger partial charge in [-0.25, -0.2) is 4.98 Å². The third-order valence-electron chi connectivity index (χ3n) is 3.19. The van der Waals surface area contributed by atoms with E-state index in [0.717, 1.165) is 0 Å². The quantitative estimate of drug-likeness (QED) is 0.926. The van der Waals surface area contributed by atoms with E-state index >= 15 is 0 Å². The van der Waals surface area contributed by atoms with Gasteiger partial charge >= 0.3 is 6.18 Å². The van der Waals surface area contributed by atoms with Crippen molar-refractivity contribution in [3.63, 3.8) is 0 Å². The lowest BCUT2D eigenvalue weighted by atomic mass is 10.2. The number of aliphatic hydroxyl groups is 1. The Morgan fingerprint density at radius 3 is 2.45 bits per heavy atom. The third kappa shape index (κ3) is 3.97. The highest BCUT2D eigenvalue weighted by molar-refractivity contribution is 6.31. The lowest BCUT2D eigenvalue weighted by molar-refractivity contribution is -0.146. The Morgan fingerprint density at radius 2 is 1.90 bits per heavy atom. The number of rotatable bonds is 3. The first-order valence-electron chi connectivity index (χ1n) is 6.18. The minimum Gasteiger partial charge on any atom is -0.392 e. The van der Waals surface area contributed by atoms with Crippen molar-refractivity contribution in [2.24, 2.45) is 0 Å². The molecule has 0 bridgehead atoms. The van der Waals surface area contributed by atoms with Crippen LogP contribution in [0.2, 0.25) is 5.02 Å². The van der Waals surface area contributed by atoms with Crippen LogP contribution in [-0.2, 0) is 6.61 Å². The molecule has 0 saturated carbocycles. The maximum absolute atomic E-state index is 12.3. The summed E-state index contributed by atoms with van der Waals surface area (Å²) >= 11 is 5.86. The van der Waals surface area contributed by atoms with Crippen LogP contribution in [0, 0.1) is 0 Å². The molecule has 1 aromatic rings. The second-order valence-corrected chi connectivity index (χ2v) is 5.08. The van der Waals surface area contributed by atoms with E-state index in [4.69, 9.17) is 16.7 Å².